The zero-order chi connectivity index (χ0) is 13.0. The topological polar surface area (TPSA) is 12.0 Å². The predicted octanol–water partition coefficient (Wildman–Crippen LogP) is 4.58. The van der Waals surface area contributed by atoms with E-state index in [0.29, 0.717) is 0 Å². The molecule has 2 rings (SSSR count). The minimum atomic E-state index is 0.270. The van der Waals surface area contributed by atoms with Crippen molar-refractivity contribution in [1.82, 2.24) is 5.32 Å². The quantitative estimate of drug-likeness (QED) is 0.786. The SMILES string of the molecule is CC1CCCC(NCC(C)(C)c2cccs2)CC1. The standard InChI is InChI=1S/C16H27NS/c1-13-6-4-7-14(10-9-13)17-12-16(2,3)15-8-5-11-18-15/h5,8,11,13-14,17H,4,6-7,9-10,12H2,1-3H3. The number of hydrogen-bond donors (Lipinski definition) is 1. The maximum absolute atomic E-state index is 3.82. The van der Waals surface area contributed by atoms with Crippen molar-refractivity contribution < 1.29 is 0 Å². The highest BCUT2D eigenvalue weighted by molar-refractivity contribution is 7.10. The molecule has 1 heterocycles. The molecule has 1 nitrogen and oxygen atoms in total. The minimum absolute atomic E-state index is 0.270. The van der Waals surface area contributed by atoms with Crippen LogP contribution in [0.1, 0.15) is 57.8 Å². The Labute approximate surface area is 116 Å². The fraction of sp³-hybridized carbons (Fsp3) is 0.750. The molecule has 1 aromatic rings. The van der Waals surface area contributed by atoms with E-state index in [9.17, 15) is 0 Å². The minimum Gasteiger partial charge on any atom is -0.313 e. The van der Waals surface area contributed by atoms with E-state index >= 15 is 0 Å². The van der Waals surface area contributed by atoms with Gasteiger partial charge >= 0.3 is 0 Å². The second-order valence-corrected chi connectivity index (χ2v) is 7.50. The lowest BCUT2D eigenvalue weighted by Gasteiger charge is -2.27. The van der Waals surface area contributed by atoms with Gasteiger partial charge in [-0.25, -0.2) is 0 Å². The van der Waals surface area contributed by atoms with Crippen LogP contribution in [0.2, 0.25) is 0 Å². The van der Waals surface area contributed by atoms with Gasteiger partial charge < -0.3 is 5.32 Å². The summed E-state index contributed by atoms with van der Waals surface area (Å²) in [7, 11) is 0. The van der Waals surface area contributed by atoms with Crippen molar-refractivity contribution in [3.8, 4) is 0 Å². The highest BCUT2D eigenvalue weighted by Crippen LogP contribution is 2.28. The molecule has 0 aliphatic heterocycles. The third-order valence-electron chi connectivity index (χ3n) is 4.28. The zero-order valence-corrected chi connectivity index (χ0v) is 12.9. The monoisotopic (exact) mass is 265 g/mol. The van der Waals surface area contributed by atoms with Crippen molar-refractivity contribution in [3.05, 3.63) is 22.4 Å². The normalized spacial score (nSPS) is 25.9. The third-order valence-corrected chi connectivity index (χ3v) is 5.51. The van der Waals surface area contributed by atoms with E-state index in [4.69, 9.17) is 0 Å². The highest BCUT2D eigenvalue weighted by atomic mass is 32.1. The van der Waals surface area contributed by atoms with Gasteiger partial charge in [-0.3, -0.25) is 0 Å². The third kappa shape index (κ3) is 3.83. The maximum atomic E-state index is 3.82. The molecule has 1 aliphatic carbocycles. The van der Waals surface area contributed by atoms with Crippen molar-refractivity contribution in [1.29, 1.82) is 0 Å². The van der Waals surface area contributed by atoms with Gasteiger partial charge in [0.05, 0.1) is 0 Å². The van der Waals surface area contributed by atoms with Crippen molar-refractivity contribution >= 4 is 11.3 Å². The number of nitrogens with one attached hydrogen (secondary N) is 1. The molecular formula is C16H27NS. The Morgan fingerprint density at radius 3 is 2.83 bits per heavy atom. The first-order chi connectivity index (χ1) is 8.58. The van der Waals surface area contributed by atoms with Crippen LogP contribution in [0.15, 0.2) is 17.5 Å². The van der Waals surface area contributed by atoms with Gasteiger partial charge in [-0.1, -0.05) is 39.7 Å². The van der Waals surface area contributed by atoms with E-state index in [-0.39, 0.29) is 5.41 Å². The van der Waals surface area contributed by atoms with Gasteiger partial charge in [0.2, 0.25) is 0 Å². The van der Waals surface area contributed by atoms with Gasteiger partial charge in [0.25, 0.3) is 0 Å². The lowest BCUT2D eigenvalue weighted by atomic mass is 9.91. The molecule has 102 valence electrons. The second-order valence-electron chi connectivity index (χ2n) is 6.55. The van der Waals surface area contributed by atoms with Gasteiger partial charge in [0.15, 0.2) is 0 Å². The van der Waals surface area contributed by atoms with Gasteiger partial charge in [-0.15, -0.1) is 11.3 Å². The molecule has 1 saturated carbocycles. The van der Waals surface area contributed by atoms with E-state index in [1.165, 1.54) is 37.0 Å². The van der Waals surface area contributed by atoms with Gasteiger partial charge in [-0.05, 0) is 36.6 Å². The first-order valence-corrected chi connectivity index (χ1v) is 8.23. The Bertz CT molecular complexity index is 342. The molecule has 0 spiro atoms. The van der Waals surface area contributed by atoms with Gasteiger partial charge in [0, 0.05) is 22.9 Å². The summed E-state index contributed by atoms with van der Waals surface area (Å²) in [5.74, 6) is 0.933. The lowest BCUT2D eigenvalue weighted by molar-refractivity contribution is 0.391. The average Bonchev–Trinajstić information content (AvgIpc) is 2.79. The summed E-state index contributed by atoms with van der Waals surface area (Å²) in [5.41, 5.74) is 0.270. The summed E-state index contributed by atoms with van der Waals surface area (Å²) >= 11 is 1.88. The molecule has 0 aromatic carbocycles. The molecule has 0 saturated heterocycles. The summed E-state index contributed by atoms with van der Waals surface area (Å²) in [4.78, 5) is 1.50. The summed E-state index contributed by atoms with van der Waals surface area (Å²) in [6.45, 7) is 8.21. The Kier molecular flexibility index (Phi) is 4.85. The molecule has 1 fully saturated rings. The zero-order valence-electron chi connectivity index (χ0n) is 12.0. The summed E-state index contributed by atoms with van der Waals surface area (Å²) in [6, 6.07) is 5.17. The number of hydrogen-bond acceptors (Lipinski definition) is 2. The van der Waals surface area contributed by atoms with E-state index in [2.05, 4.69) is 43.6 Å². The van der Waals surface area contributed by atoms with Crippen LogP contribution in [0.4, 0.5) is 0 Å². The van der Waals surface area contributed by atoms with Gasteiger partial charge in [0.1, 0.15) is 0 Å². The lowest BCUT2D eigenvalue weighted by Crippen LogP contribution is -2.38. The van der Waals surface area contributed by atoms with Crippen LogP contribution in [0.5, 0.6) is 0 Å². The summed E-state index contributed by atoms with van der Waals surface area (Å²) in [5, 5.41) is 6.00. The largest absolute Gasteiger partial charge is 0.313 e. The van der Waals surface area contributed by atoms with Crippen LogP contribution in [-0.2, 0) is 5.41 Å². The molecule has 0 bridgehead atoms. The fourth-order valence-electron chi connectivity index (χ4n) is 2.84. The Morgan fingerprint density at radius 2 is 2.11 bits per heavy atom. The first kappa shape index (κ1) is 14.1. The Hall–Kier alpha value is -0.340. The van der Waals surface area contributed by atoms with Crippen molar-refractivity contribution in [3.63, 3.8) is 0 Å². The molecular weight excluding hydrogens is 238 g/mol. The molecule has 2 unspecified atom stereocenters. The average molecular weight is 265 g/mol. The van der Waals surface area contributed by atoms with Crippen molar-refractivity contribution in [2.24, 2.45) is 5.92 Å². The van der Waals surface area contributed by atoms with Crippen LogP contribution < -0.4 is 5.32 Å². The predicted molar refractivity (Wildman–Crippen MR) is 81.4 cm³/mol. The first-order valence-electron chi connectivity index (χ1n) is 7.35. The van der Waals surface area contributed by atoms with Crippen molar-refractivity contribution in [2.45, 2.75) is 64.3 Å². The van der Waals surface area contributed by atoms with E-state index in [0.717, 1.165) is 18.5 Å². The molecule has 0 radical (unpaired) electrons. The number of rotatable bonds is 4. The Balaban J connectivity index is 1.83. The molecule has 18 heavy (non-hydrogen) atoms. The fourth-order valence-corrected chi connectivity index (χ4v) is 3.69. The maximum Gasteiger partial charge on any atom is 0.0115 e. The number of thiophene rings is 1. The van der Waals surface area contributed by atoms with Crippen molar-refractivity contribution in [2.75, 3.05) is 6.54 Å². The van der Waals surface area contributed by atoms with Gasteiger partial charge in [-0.2, -0.15) is 0 Å². The van der Waals surface area contributed by atoms with Crippen LogP contribution in [0.25, 0.3) is 0 Å². The summed E-state index contributed by atoms with van der Waals surface area (Å²) < 4.78 is 0. The molecule has 2 heteroatoms. The van der Waals surface area contributed by atoms with Crippen LogP contribution >= 0.6 is 11.3 Å². The van der Waals surface area contributed by atoms with E-state index in [1.807, 2.05) is 11.3 Å². The molecule has 0 amide bonds. The molecule has 1 aromatic heterocycles. The molecule has 1 N–H and O–H groups in total. The van der Waals surface area contributed by atoms with E-state index < -0.39 is 0 Å². The van der Waals surface area contributed by atoms with E-state index in [1.54, 1.807) is 0 Å². The summed E-state index contributed by atoms with van der Waals surface area (Å²) in [6.07, 6.45) is 6.95. The molecule has 2 atom stereocenters. The van der Waals surface area contributed by atoms with Crippen LogP contribution in [-0.4, -0.2) is 12.6 Å². The van der Waals surface area contributed by atoms with Crippen LogP contribution in [0.3, 0.4) is 0 Å². The highest BCUT2D eigenvalue weighted by Gasteiger charge is 2.23. The van der Waals surface area contributed by atoms with Crippen LogP contribution in [0, 0.1) is 5.92 Å². The Morgan fingerprint density at radius 1 is 1.28 bits per heavy atom. The second kappa shape index (κ2) is 6.21. The molecule has 1 aliphatic rings. The smallest absolute Gasteiger partial charge is 0.0115 e.